The van der Waals surface area contributed by atoms with Gasteiger partial charge in [-0.05, 0) is 45.0 Å². The first-order valence-corrected chi connectivity index (χ1v) is 5.63. The number of carbonyl (C=O) groups is 1. The van der Waals surface area contributed by atoms with Gasteiger partial charge in [0.15, 0.2) is 0 Å². The van der Waals surface area contributed by atoms with Crippen LogP contribution in [0.15, 0.2) is 24.3 Å². The first-order chi connectivity index (χ1) is 8.02. The van der Waals surface area contributed by atoms with Crippen molar-refractivity contribution in [3.63, 3.8) is 0 Å². The fraction of sp³-hybridized carbons (Fsp3) is 0.462. The molecule has 0 aliphatic rings. The van der Waals surface area contributed by atoms with Gasteiger partial charge in [0.05, 0.1) is 6.10 Å². The number of hydrogen-bond acceptors (Lipinski definition) is 3. The highest BCUT2D eigenvalue weighted by atomic mass is 16.5. The summed E-state index contributed by atoms with van der Waals surface area (Å²) in [5, 5.41) is 2.75. The standard InChI is InChI=1S/C13H19NO3/c1-9(2)17-12-7-5-11(6-8-12)14-13(15)10(3)16-4/h5-10H,1-4H3,(H,14,15). The van der Waals surface area contributed by atoms with Crippen molar-refractivity contribution in [3.8, 4) is 5.75 Å². The smallest absolute Gasteiger partial charge is 0.253 e. The van der Waals surface area contributed by atoms with Gasteiger partial charge in [-0.25, -0.2) is 0 Å². The minimum atomic E-state index is -0.457. The van der Waals surface area contributed by atoms with Crippen molar-refractivity contribution in [2.75, 3.05) is 12.4 Å². The highest BCUT2D eigenvalue weighted by Crippen LogP contribution is 2.17. The lowest BCUT2D eigenvalue weighted by Gasteiger charge is -2.12. The minimum absolute atomic E-state index is 0.143. The van der Waals surface area contributed by atoms with Gasteiger partial charge >= 0.3 is 0 Å². The average molecular weight is 237 g/mol. The van der Waals surface area contributed by atoms with E-state index in [1.165, 1.54) is 7.11 Å². The van der Waals surface area contributed by atoms with Gasteiger partial charge < -0.3 is 14.8 Å². The topological polar surface area (TPSA) is 47.6 Å². The average Bonchev–Trinajstić information content (AvgIpc) is 2.30. The molecule has 0 spiro atoms. The first kappa shape index (κ1) is 13.5. The summed E-state index contributed by atoms with van der Waals surface area (Å²) in [6.07, 6.45) is -0.314. The molecule has 0 fully saturated rings. The Hall–Kier alpha value is -1.55. The highest BCUT2D eigenvalue weighted by Gasteiger charge is 2.11. The van der Waals surface area contributed by atoms with E-state index in [1.54, 1.807) is 19.1 Å². The Morgan fingerprint density at radius 2 is 1.76 bits per heavy atom. The van der Waals surface area contributed by atoms with Crippen LogP contribution in [0.4, 0.5) is 5.69 Å². The van der Waals surface area contributed by atoms with E-state index in [1.807, 2.05) is 26.0 Å². The maximum absolute atomic E-state index is 11.5. The summed E-state index contributed by atoms with van der Waals surface area (Å²) in [7, 11) is 1.50. The van der Waals surface area contributed by atoms with E-state index in [9.17, 15) is 4.79 Å². The molecule has 0 saturated carbocycles. The molecule has 0 heterocycles. The monoisotopic (exact) mass is 237 g/mol. The molecule has 94 valence electrons. The predicted octanol–water partition coefficient (Wildman–Crippen LogP) is 2.45. The molecule has 1 atom stereocenters. The van der Waals surface area contributed by atoms with E-state index in [0.29, 0.717) is 0 Å². The molecule has 1 amide bonds. The third-order valence-corrected chi connectivity index (χ3v) is 2.22. The van der Waals surface area contributed by atoms with E-state index in [2.05, 4.69) is 5.32 Å². The Morgan fingerprint density at radius 1 is 1.18 bits per heavy atom. The highest BCUT2D eigenvalue weighted by molar-refractivity contribution is 5.93. The molecule has 0 aliphatic heterocycles. The van der Waals surface area contributed by atoms with Crippen LogP contribution in [0.1, 0.15) is 20.8 Å². The number of nitrogens with one attached hydrogen (secondary N) is 1. The number of carbonyl (C=O) groups excluding carboxylic acids is 1. The van der Waals surface area contributed by atoms with Crippen LogP contribution in [0.25, 0.3) is 0 Å². The van der Waals surface area contributed by atoms with E-state index in [0.717, 1.165) is 11.4 Å². The SMILES string of the molecule is COC(C)C(=O)Nc1ccc(OC(C)C)cc1. The van der Waals surface area contributed by atoms with E-state index in [-0.39, 0.29) is 12.0 Å². The van der Waals surface area contributed by atoms with Gasteiger partial charge in [-0.3, -0.25) is 4.79 Å². The molecule has 1 aromatic carbocycles. The summed E-state index contributed by atoms with van der Waals surface area (Å²) >= 11 is 0. The lowest BCUT2D eigenvalue weighted by Crippen LogP contribution is -2.26. The Kier molecular flexibility index (Phi) is 4.97. The van der Waals surface area contributed by atoms with Crippen LogP contribution < -0.4 is 10.1 Å². The van der Waals surface area contributed by atoms with Crippen molar-refractivity contribution < 1.29 is 14.3 Å². The number of methoxy groups -OCH3 is 1. The van der Waals surface area contributed by atoms with E-state index < -0.39 is 6.10 Å². The zero-order chi connectivity index (χ0) is 12.8. The fourth-order valence-corrected chi connectivity index (χ4v) is 1.24. The van der Waals surface area contributed by atoms with Crippen LogP contribution in [0.5, 0.6) is 5.75 Å². The van der Waals surface area contributed by atoms with Crippen LogP contribution in [-0.4, -0.2) is 25.2 Å². The molecule has 0 radical (unpaired) electrons. The summed E-state index contributed by atoms with van der Waals surface area (Å²) in [6.45, 7) is 5.64. The summed E-state index contributed by atoms with van der Waals surface area (Å²) in [4.78, 5) is 11.5. The van der Waals surface area contributed by atoms with Gasteiger partial charge in [0.25, 0.3) is 5.91 Å². The maximum atomic E-state index is 11.5. The van der Waals surface area contributed by atoms with Gasteiger partial charge in [-0.1, -0.05) is 0 Å². The molecular formula is C13H19NO3. The van der Waals surface area contributed by atoms with Crippen LogP contribution in [-0.2, 0) is 9.53 Å². The molecule has 1 rings (SSSR count). The van der Waals surface area contributed by atoms with Crippen LogP contribution in [0.3, 0.4) is 0 Å². The number of benzene rings is 1. The van der Waals surface area contributed by atoms with Crippen molar-refractivity contribution in [1.29, 1.82) is 0 Å². The Balaban J connectivity index is 2.59. The number of hydrogen-bond donors (Lipinski definition) is 1. The number of ether oxygens (including phenoxy) is 2. The lowest BCUT2D eigenvalue weighted by atomic mass is 10.3. The molecule has 0 aliphatic carbocycles. The van der Waals surface area contributed by atoms with Gasteiger partial charge in [0.2, 0.25) is 0 Å². The molecule has 0 bridgehead atoms. The second kappa shape index (κ2) is 6.25. The number of rotatable bonds is 5. The second-order valence-electron chi connectivity index (χ2n) is 4.06. The number of anilines is 1. The third-order valence-electron chi connectivity index (χ3n) is 2.22. The second-order valence-corrected chi connectivity index (χ2v) is 4.06. The fourth-order valence-electron chi connectivity index (χ4n) is 1.24. The number of amides is 1. The molecule has 1 N–H and O–H groups in total. The quantitative estimate of drug-likeness (QED) is 0.855. The van der Waals surface area contributed by atoms with Crippen LogP contribution >= 0.6 is 0 Å². The summed E-state index contributed by atoms with van der Waals surface area (Å²) in [6, 6.07) is 7.26. The molecule has 1 unspecified atom stereocenters. The Bertz CT molecular complexity index is 359. The Labute approximate surface area is 102 Å². The van der Waals surface area contributed by atoms with E-state index >= 15 is 0 Å². The summed E-state index contributed by atoms with van der Waals surface area (Å²) in [5.41, 5.74) is 0.731. The molecule has 4 heteroatoms. The van der Waals surface area contributed by atoms with Gasteiger partial charge in [-0.2, -0.15) is 0 Å². The summed E-state index contributed by atoms with van der Waals surface area (Å²) < 4.78 is 10.4. The van der Waals surface area contributed by atoms with Crippen LogP contribution in [0, 0.1) is 0 Å². The van der Waals surface area contributed by atoms with Crippen molar-refractivity contribution in [3.05, 3.63) is 24.3 Å². The first-order valence-electron chi connectivity index (χ1n) is 5.63. The minimum Gasteiger partial charge on any atom is -0.491 e. The molecule has 0 aromatic heterocycles. The zero-order valence-electron chi connectivity index (χ0n) is 10.7. The molecule has 4 nitrogen and oxygen atoms in total. The zero-order valence-corrected chi connectivity index (χ0v) is 10.7. The molecule has 0 saturated heterocycles. The Morgan fingerprint density at radius 3 is 2.24 bits per heavy atom. The predicted molar refractivity (Wildman–Crippen MR) is 67.3 cm³/mol. The van der Waals surface area contributed by atoms with E-state index in [4.69, 9.17) is 9.47 Å². The summed E-state index contributed by atoms with van der Waals surface area (Å²) in [5.74, 6) is 0.628. The third kappa shape index (κ3) is 4.44. The largest absolute Gasteiger partial charge is 0.491 e. The van der Waals surface area contributed by atoms with Crippen molar-refractivity contribution in [2.24, 2.45) is 0 Å². The van der Waals surface area contributed by atoms with Crippen molar-refractivity contribution >= 4 is 11.6 Å². The normalized spacial score (nSPS) is 12.3. The molecule has 17 heavy (non-hydrogen) atoms. The van der Waals surface area contributed by atoms with Crippen molar-refractivity contribution in [2.45, 2.75) is 33.0 Å². The van der Waals surface area contributed by atoms with Gasteiger partial charge in [0, 0.05) is 12.8 Å². The molecule has 1 aromatic rings. The lowest BCUT2D eigenvalue weighted by molar-refractivity contribution is -0.124. The van der Waals surface area contributed by atoms with Gasteiger partial charge in [0.1, 0.15) is 11.9 Å². The maximum Gasteiger partial charge on any atom is 0.253 e. The van der Waals surface area contributed by atoms with Gasteiger partial charge in [-0.15, -0.1) is 0 Å². The van der Waals surface area contributed by atoms with Crippen molar-refractivity contribution in [1.82, 2.24) is 0 Å². The van der Waals surface area contributed by atoms with Crippen LogP contribution in [0.2, 0.25) is 0 Å². The molecular weight excluding hydrogens is 218 g/mol.